The van der Waals surface area contributed by atoms with Crippen molar-refractivity contribution in [1.29, 1.82) is 0 Å². The second kappa shape index (κ2) is 16.3. The van der Waals surface area contributed by atoms with Gasteiger partial charge in [0.25, 0.3) is 0 Å². The highest BCUT2D eigenvalue weighted by atomic mass is 79.9. The number of rotatable bonds is 7. The Hall–Kier alpha value is -2.32. The Kier molecular flexibility index (Phi) is 15.2. The lowest BCUT2D eigenvalue weighted by atomic mass is 9.81. The van der Waals surface area contributed by atoms with Crippen LogP contribution in [0.3, 0.4) is 0 Å². The first kappa shape index (κ1) is 31.7. The molecule has 8 heteroatoms. The van der Waals surface area contributed by atoms with Crippen LogP contribution in [-0.2, 0) is 19.7 Å². The van der Waals surface area contributed by atoms with E-state index in [1.807, 2.05) is 70.2 Å². The van der Waals surface area contributed by atoms with Gasteiger partial charge in [-0.2, -0.15) is 0 Å². The number of hydrogen-bond donors (Lipinski definition) is 1. The summed E-state index contributed by atoms with van der Waals surface area (Å²) in [4.78, 5) is 21.4. The third kappa shape index (κ3) is 13.4. The fourth-order valence-electron chi connectivity index (χ4n) is 2.67. The van der Waals surface area contributed by atoms with E-state index in [-0.39, 0.29) is 12.4 Å². The smallest absolute Gasteiger partial charge is 0.330 e. The Morgan fingerprint density at radius 1 is 0.971 bits per heavy atom. The normalized spacial score (nSPS) is 9.91. The van der Waals surface area contributed by atoms with Gasteiger partial charge in [-0.3, -0.25) is 4.79 Å². The monoisotopic (exact) mass is 600 g/mol. The van der Waals surface area contributed by atoms with Crippen LogP contribution in [0.4, 0.5) is 0 Å². The zero-order valence-corrected chi connectivity index (χ0v) is 23.9. The van der Waals surface area contributed by atoms with Crippen molar-refractivity contribution in [3.8, 4) is 11.5 Å². The van der Waals surface area contributed by atoms with Crippen LogP contribution < -0.4 is 9.47 Å². The minimum absolute atomic E-state index is 0.0693. The van der Waals surface area contributed by atoms with Crippen LogP contribution >= 0.6 is 31.9 Å². The van der Waals surface area contributed by atoms with Gasteiger partial charge >= 0.3 is 11.9 Å². The largest absolute Gasteiger partial charge is 0.497 e. The Bertz CT molecular complexity index is 933. The van der Waals surface area contributed by atoms with E-state index >= 15 is 0 Å². The number of allylic oxidation sites excluding steroid dienone is 1. The van der Waals surface area contributed by atoms with E-state index in [1.54, 1.807) is 21.1 Å². The Morgan fingerprint density at radius 3 is 1.97 bits per heavy atom. The van der Waals surface area contributed by atoms with Crippen molar-refractivity contribution in [2.75, 3.05) is 20.8 Å². The number of carboxylic acid groups (broad SMARTS) is 1. The molecule has 0 aliphatic heterocycles. The molecule has 0 aromatic heterocycles. The van der Waals surface area contributed by atoms with Crippen LogP contribution in [0.5, 0.6) is 11.5 Å². The Balaban J connectivity index is 0.000000518. The maximum atomic E-state index is 10.8. The first-order valence-electron chi connectivity index (χ1n) is 10.5. The molecular weight excluding hydrogens is 568 g/mol. The molecule has 0 saturated heterocycles. The van der Waals surface area contributed by atoms with Crippen molar-refractivity contribution in [3.05, 3.63) is 68.6 Å². The van der Waals surface area contributed by atoms with Crippen molar-refractivity contribution in [2.45, 2.75) is 46.5 Å². The summed E-state index contributed by atoms with van der Waals surface area (Å²) < 4.78 is 16.8. The molecule has 0 fully saturated rings. The second-order valence-electron chi connectivity index (χ2n) is 7.93. The lowest BCUT2D eigenvalue weighted by Gasteiger charge is -2.25. The van der Waals surface area contributed by atoms with E-state index < -0.39 is 11.4 Å². The van der Waals surface area contributed by atoms with E-state index in [1.165, 1.54) is 6.08 Å². The number of carbonyl (C=O) groups is 2. The Morgan fingerprint density at radius 2 is 1.53 bits per heavy atom. The SMILES string of the molecule is CCOC(=O)C=C(C)C.COc1ccc(Br)cc1.COc1ccc(Br)cc1C(C)(C)CC(=O)O. The van der Waals surface area contributed by atoms with E-state index in [0.717, 1.165) is 31.6 Å². The van der Waals surface area contributed by atoms with Crippen molar-refractivity contribution < 1.29 is 28.9 Å². The van der Waals surface area contributed by atoms with Gasteiger partial charge in [-0.05, 0) is 63.2 Å². The number of benzene rings is 2. The number of carboxylic acids is 1. The van der Waals surface area contributed by atoms with E-state index in [0.29, 0.717) is 6.61 Å². The van der Waals surface area contributed by atoms with Crippen molar-refractivity contribution in [1.82, 2.24) is 0 Å². The van der Waals surface area contributed by atoms with Crippen LogP contribution in [0.1, 0.15) is 46.6 Å². The minimum atomic E-state index is -0.813. The fraction of sp³-hybridized carbons (Fsp3) is 0.385. The number of esters is 1. The molecule has 2 rings (SSSR count). The average Bonchev–Trinajstić information content (AvgIpc) is 2.74. The van der Waals surface area contributed by atoms with E-state index in [4.69, 9.17) is 14.6 Å². The predicted octanol–water partition coefficient (Wildman–Crippen LogP) is 7.18. The van der Waals surface area contributed by atoms with Gasteiger partial charge in [0.05, 0.1) is 27.2 Å². The molecule has 0 bridgehead atoms. The highest BCUT2D eigenvalue weighted by molar-refractivity contribution is 9.10. The molecule has 0 atom stereocenters. The summed E-state index contributed by atoms with van der Waals surface area (Å²) in [7, 11) is 3.24. The summed E-state index contributed by atoms with van der Waals surface area (Å²) in [6.45, 7) is 9.74. The number of ether oxygens (including phenoxy) is 3. The standard InChI is InChI=1S/C12H15BrO3.C7H7BrO.C7H12O2/c1-12(2,7-11(14)15)9-6-8(13)4-5-10(9)16-3;1-9-7-4-2-6(8)3-5-7;1-4-9-7(8)5-6(2)3/h4-6H,7H2,1-3H3,(H,14,15);2-5H,1H3;5H,4H2,1-3H3. The zero-order valence-electron chi connectivity index (χ0n) is 20.8. The van der Waals surface area contributed by atoms with Crippen molar-refractivity contribution in [2.24, 2.45) is 0 Å². The van der Waals surface area contributed by atoms with Crippen LogP contribution in [-0.4, -0.2) is 37.9 Å². The van der Waals surface area contributed by atoms with E-state index in [9.17, 15) is 9.59 Å². The van der Waals surface area contributed by atoms with Gasteiger partial charge in [-0.25, -0.2) is 4.79 Å². The quantitative estimate of drug-likeness (QED) is 0.267. The van der Waals surface area contributed by atoms with E-state index in [2.05, 4.69) is 36.6 Å². The first-order chi connectivity index (χ1) is 15.9. The fourth-order valence-corrected chi connectivity index (χ4v) is 3.30. The number of aliphatic carboxylic acids is 1. The lowest BCUT2D eigenvalue weighted by Crippen LogP contribution is -2.22. The molecule has 0 unspecified atom stereocenters. The molecule has 0 spiro atoms. The average molecular weight is 602 g/mol. The summed E-state index contributed by atoms with van der Waals surface area (Å²) in [5.74, 6) is 0.539. The molecular formula is C26H34Br2O6. The summed E-state index contributed by atoms with van der Waals surface area (Å²) in [5.41, 5.74) is 1.40. The molecule has 2 aromatic carbocycles. The molecule has 188 valence electrons. The molecule has 34 heavy (non-hydrogen) atoms. The molecule has 0 aliphatic carbocycles. The molecule has 1 N–H and O–H groups in total. The van der Waals surface area contributed by atoms with Gasteiger partial charge in [0.1, 0.15) is 11.5 Å². The number of carbonyl (C=O) groups excluding carboxylic acids is 1. The summed E-state index contributed by atoms with van der Waals surface area (Å²) >= 11 is 6.70. The topological polar surface area (TPSA) is 82.1 Å². The number of methoxy groups -OCH3 is 2. The summed E-state index contributed by atoms with van der Waals surface area (Å²) in [6.07, 6.45) is 1.54. The molecule has 0 aliphatic rings. The van der Waals surface area contributed by atoms with Crippen molar-refractivity contribution >= 4 is 43.8 Å². The highest BCUT2D eigenvalue weighted by Gasteiger charge is 2.27. The highest BCUT2D eigenvalue weighted by Crippen LogP contribution is 2.36. The van der Waals surface area contributed by atoms with Gasteiger partial charge < -0.3 is 19.3 Å². The first-order valence-corrected chi connectivity index (χ1v) is 12.1. The number of halogens is 2. The summed E-state index contributed by atoms with van der Waals surface area (Å²) in [6, 6.07) is 13.3. The van der Waals surface area contributed by atoms with Gasteiger partial charge in [0.15, 0.2) is 0 Å². The maximum absolute atomic E-state index is 10.8. The zero-order chi connectivity index (χ0) is 26.3. The van der Waals surface area contributed by atoms with Crippen LogP contribution in [0, 0.1) is 0 Å². The molecule has 2 aromatic rings. The third-order valence-corrected chi connectivity index (χ3v) is 5.25. The second-order valence-corrected chi connectivity index (χ2v) is 9.76. The predicted molar refractivity (Wildman–Crippen MR) is 143 cm³/mol. The van der Waals surface area contributed by atoms with Gasteiger partial charge in [0.2, 0.25) is 0 Å². The van der Waals surface area contributed by atoms with Crippen LogP contribution in [0.25, 0.3) is 0 Å². The van der Waals surface area contributed by atoms with Gasteiger partial charge in [-0.1, -0.05) is 51.3 Å². The van der Waals surface area contributed by atoms with Crippen LogP contribution in [0.15, 0.2) is 63.1 Å². The van der Waals surface area contributed by atoms with Gasteiger partial charge in [0, 0.05) is 26.0 Å². The van der Waals surface area contributed by atoms with Crippen LogP contribution in [0.2, 0.25) is 0 Å². The lowest BCUT2D eigenvalue weighted by molar-refractivity contribution is -0.138. The molecule has 6 nitrogen and oxygen atoms in total. The van der Waals surface area contributed by atoms with Crippen molar-refractivity contribution in [3.63, 3.8) is 0 Å². The minimum Gasteiger partial charge on any atom is -0.497 e. The molecule has 0 saturated carbocycles. The molecule has 0 heterocycles. The third-order valence-electron chi connectivity index (χ3n) is 4.23. The molecule has 0 amide bonds. The Labute approximate surface area is 219 Å². The van der Waals surface area contributed by atoms with Gasteiger partial charge in [-0.15, -0.1) is 0 Å². The molecule has 0 radical (unpaired) electrons. The maximum Gasteiger partial charge on any atom is 0.330 e. The summed E-state index contributed by atoms with van der Waals surface area (Å²) in [5, 5.41) is 8.89. The number of hydrogen-bond acceptors (Lipinski definition) is 5.